The second-order valence-corrected chi connectivity index (χ2v) is 19.1. The molecule has 15 rings (SSSR count). The van der Waals surface area contributed by atoms with Gasteiger partial charge in [-0.05, 0) is 132 Å². The topological polar surface area (TPSA) is 29.5 Å². The molecule has 12 aromatic rings. The Morgan fingerprint density at radius 1 is 0.313 bits per heavy atom. The van der Waals surface area contributed by atoms with Crippen molar-refractivity contribution in [2.75, 3.05) is 4.90 Å². The molecule has 10 aromatic carbocycles. The van der Waals surface area contributed by atoms with Crippen LogP contribution in [-0.2, 0) is 10.8 Å². The third kappa shape index (κ3) is 4.75. The van der Waals surface area contributed by atoms with E-state index in [2.05, 4.69) is 225 Å². The van der Waals surface area contributed by atoms with E-state index in [1.807, 2.05) is 6.07 Å². The van der Waals surface area contributed by atoms with Crippen LogP contribution in [0.5, 0.6) is 0 Å². The first kappa shape index (κ1) is 36.9. The quantitative estimate of drug-likeness (QED) is 0.177. The van der Waals surface area contributed by atoms with Crippen LogP contribution in [-0.4, -0.2) is 0 Å². The molecule has 0 radical (unpaired) electrons. The van der Waals surface area contributed by atoms with Crippen molar-refractivity contribution >= 4 is 60.9 Å². The van der Waals surface area contributed by atoms with Crippen molar-refractivity contribution in [2.24, 2.45) is 0 Å². The van der Waals surface area contributed by atoms with Crippen molar-refractivity contribution in [3.8, 4) is 44.5 Å². The van der Waals surface area contributed by atoms with E-state index in [1.54, 1.807) is 0 Å². The molecule has 0 fully saturated rings. The monoisotopic (exact) mass is 855 g/mol. The predicted molar refractivity (Wildman–Crippen MR) is 275 cm³/mol. The highest BCUT2D eigenvalue weighted by Gasteiger charge is 2.51. The molecule has 1 spiro atoms. The van der Waals surface area contributed by atoms with Crippen LogP contribution in [0, 0.1) is 0 Å². The molecule has 3 aliphatic carbocycles. The van der Waals surface area contributed by atoms with E-state index < -0.39 is 5.41 Å². The van der Waals surface area contributed by atoms with Crippen molar-refractivity contribution in [2.45, 2.75) is 24.7 Å². The lowest BCUT2D eigenvalue weighted by atomic mass is 9.65. The maximum atomic E-state index is 6.63. The number of rotatable bonds is 3. The van der Waals surface area contributed by atoms with Gasteiger partial charge in [-0.25, -0.2) is 0 Å². The first-order chi connectivity index (χ1) is 33.0. The van der Waals surface area contributed by atoms with Crippen molar-refractivity contribution in [1.29, 1.82) is 0 Å². The van der Waals surface area contributed by atoms with Gasteiger partial charge in [0, 0.05) is 50.1 Å². The number of furan rings is 2. The number of hydrogen-bond donors (Lipinski definition) is 0. The summed E-state index contributed by atoms with van der Waals surface area (Å²) >= 11 is 0. The summed E-state index contributed by atoms with van der Waals surface area (Å²) in [7, 11) is 0. The Balaban J connectivity index is 1.06. The maximum absolute atomic E-state index is 6.63. The Labute approximate surface area is 387 Å². The van der Waals surface area contributed by atoms with Gasteiger partial charge in [0.1, 0.15) is 22.3 Å². The first-order valence-corrected chi connectivity index (χ1v) is 23.3. The van der Waals surface area contributed by atoms with Gasteiger partial charge in [0.05, 0.1) is 5.41 Å². The van der Waals surface area contributed by atoms with Gasteiger partial charge in [0.15, 0.2) is 0 Å². The highest BCUT2D eigenvalue weighted by atomic mass is 16.3. The molecule has 0 saturated carbocycles. The molecule has 1 atom stereocenters. The smallest absolute Gasteiger partial charge is 0.137 e. The Hall–Kier alpha value is -8.40. The van der Waals surface area contributed by atoms with Crippen molar-refractivity contribution in [3.05, 3.63) is 246 Å². The average Bonchev–Trinajstić information content (AvgIpc) is 4.07. The minimum atomic E-state index is -0.699. The van der Waals surface area contributed by atoms with E-state index in [-0.39, 0.29) is 5.41 Å². The van der Waals surface area contributed by atoms with Crippen molar-refractivity contribution in [3.63, 3.8) is 0 Å². The molecule has 314 valence electrons. The summed E-state index contributed by atoms with van der Waals surface area (Å²) in [6.07, 6.45) is 0. The summed E-state index contributed by atoms with van der Waals surface area (Å²) in [6, 6.07) is 78.6. The molecule has 0 bridgehead atoms. The molecule has 3 nitrogen and oxygen atoms in total. The molecule has 1 unspecified atom stereocenters. The van der Waals surface area contributed by atoms with E-state index in [4.69, 9.17) is 8.83 Å². The Bertz CT molecular complexity index is 4110. The van der Waals surface area contributed by atoms with Crippen LogP contribution < -0.4 is 4.90 Å². The number of nitrogens with zero attached hydrogens (tertiary/aromatic N) is 1. The summed E-state index contributed by atoms with van der Waals surface area (Å²) in [4.78, 5) is 2.46. The lowest BCUT2D eigenvalue weighted by Gasteiger charge is -2.36. The van der Waals surface area contributed by atoms with Gasteiger partial charge in [0.2, 0.25) is 0 Å². The molecule has 3 aliphatic rings. The lowest BCUT2D eigenvalue weighted by Crippen LogP contribution is -2.29. The van der Waals surface area contributed by atoms with Crippen LogP contribution in [0.2, 0.25) is 0 Å². The van der Waals surface area contributed by atoms with Gasteiger partial charge < -0.3 is 13.7 Å². The van der Waals surface area contributed by atoms with Crippen LogP contribution >= 0.6 is 0 Å². The molecule has 0 aliphatic heterocycles. The molecular weight excluding hydrogens is 815 g/mol. The van der Waals surface area contributed by atoms with Gasteiger partial charge in [-0.15, -0.1) is 0 Å². The second-order valence-electron chi connectivity index (χ2n) is 19.1. The van der Waals surface area contributed by atoms with Gasteiger partial charge in [-0.2, -0.15) is 0 Å². The van der Waals surface area contributed by atoms with E-state index in [0.29, 0.717) is 0 Å². The fraction of sp³-hybridized carbons (Fsp3) is 0.0625. The van der Waals surface area contributed by atoms with E-state index in [9.17, 15) is 0 Å². The molecular formula is C64H41NO2. The Kier molecular flexibility index (Phi) is 7.22. The summed E-state index contributed by atoms with van der Waals surface area (Å²) in [5.41, 5.74) is 23.6. The number of benzene rings is 10. The maximum Gasteiger partial charge on any atom is 0.137 e. The van der Waals surface area contributed by atoms with Crippen LogP contribution in [0.1, 0.15) is 47.2 Å². The fourth-order valence-electron chi connectivity index (χ4n) is 12.7. The molecule has 67 heavy (non-hydrogen) atoms. The van der Waals surface area contributed by atoms with Gasteiger partial charge in [0.25, 0.3) is 0 Å². The van der Waals surface area contributed by atoms with Crippen molar-refractivity contribution < 1.29 is 8.83 Å². The highest BCUT2D eigenvalue weighted by molar-refractivity contribution is 6.16. The largest absolute Gasteiger partial charge is 0.456 e. The summed E-state index contributed by atoms with van der Waals surface area (Å²) in [5, 5.41) is 4.53. The summed E-state index contributed by atoms with van der Waals surface area (Å²) in [5.74, 6) is 0. The predicted octanol–water partition coefficient (Wildman–Crippen LogP) is 17.3. The van der Waals surface area contributed by atoms with Gasteiger partial charge in [-0.1, -0.05) is 166 Å². The summed E-state index contributed by atoms with van der Waals surface area (Å²) in [6.45, 7) is 4.73. The summed E-state index contributed by atoms with van der Waals surface area (Å²) < 4.78 is 13.3. The molecule has 0 N–H and O–H groups in total. The number of hydrogen-bond acceptors (Lipinski definition) is 3. The van der Waals surface area contributed by atoms with Crippen molar-refractivity contribution in [1.82, 2.24) is 0 Å². The zero-order valence-electron chi connectivity index (χ0n) is 37.0. The van der Waals surface area contributed by atoms with E-state index >= 15 is 0 Å². The number of fused-ring (bicyclic) bond motifs is 22. The highest BCUT2D eigenvalue weighted by Crippen LogP contribution is 2.64. The third-order valence-electron chi connectivity index (χ3n) is 15.5. The molecule has 2 heterocycles. The van der Waals surface area contributed by atoms with E-state index in [1.165, 1.54) is 77.9 Å². The van der Waals surface area contributed by atoms with Gasteiger partial charge in [-0.3, -0.25) is 0 Å². The second kappa shape index (κ2) is 13.1. The van der Waals surface area contributed by atoms with Crippen LogP contribution in [0.15, 0.2) is 221 Å². The third-order valence-corrected chi connectivity index (χ3v) is 15.5. The van der Waals surface area contributed by atoms with E-state index in [0.717, 1.165) is 60.9 Å². The van der Waals surface area contributed by atoms with Crippen LogP contribution in [0.3, 0.4) is 0 Å². The Morgan fingerprint density at radius 2 is 0.791 bits per heavy atom. The molecule has 0 amide bonds. The van der Waals surface area contributed by atoms with Crippen LogP contribution in [0.25, 0.3) is 88.4 Å². The lowest BCUT2D eigenvalue weighted by molar-refractivity contribution is 0.660. The SMILES string of the molecule is CC1(C)c2ccccc2-c2ccc(N(c3ccc4c(c3)C3(c5ccccc5-c5ccccc5-4)c4ccccc4-c4c3ccc3oc5ccccc5c43)c3ccc4c(c3)oc3ccccc34)cc21. The molecule has 2 aromatic heterocycles. The normalized spacial score (nSPS) is 15.8. The minimum absolute atomic E-state index is 0.179. The number of para-hydroxylation sites is 2. The average molecular weight is 856 g/mol. The molecule has 3 heteroatoms. The molecule has 0 saturated heterocycles. The zero-order chi connectivity index (χ0) is 44.2. The Morgan fingerprint density at radius 3 is 1.52 bits per heavy atom. The number of anilines is 3. The van der Waals surface area contributed by atoms with Crippen LogP contribution in [0.4, 0.5) is 17.1 Å². The fourth-order valence-corrected chi connectivity index (χ4v) is 12.7. The zero-order valence-corrected chi connectivity index (χ0v) is 37.0. The van der Waals surface area contributed by atoms with Gasteiger partial charge >= 0.3 is 0 Å². The minimum Gasteiger partial charge on any atom is -0.456 e. The standard InChI is InChI=1S/C64H41NO2/c1-63(2)51-22-10-5-18-44(51)46-31-28-38(35-55(46)63)65(40-29-32-48-47-19-8-13-25-57(47)67-60(48)37-40)39-27-30-45-42-16-4-3-15-41(42)43-17-6-11-23-52(43)64(56(45)36-39)53-24-12-7-20-49(53)61-54(64)33-34-59-62(61)50-21-9-14-26-58(50)66-59/h3-37H,1-2H3. The first-order valence-electron chi connectivity index (χ1n) is 23.3.